The van der Waals surface area contributed by atoms with Crippen LogP contribution in [0.3, 0.4) is 0 Å². The quantitative estimate of drug-likeness (QED) is 0.321. The highest BCUT2D eigenvalue weighted by molar-refractivity contribution is 5.98. The SMILES string of the molecule is C=C/C=C\C=C.CN(CC(=O)O)C(=O)C1CCCN1C(=O)c1nc(-c2ccc(OC(F)F)c(OCC3CC3)c2)oc1CN. The monoisotopic (exact) mass is 602 g/mol. The summed E-state index contributed by atoms with van der Waals surface area (Å²) in [6.45, 7) is 3.88. The van der Waals surface area contributed by atoms with E-state index < -0.39 is 37.0 Å². The van der Waals surface area contributed by atoms with Crippen LogP contribution >= 0.6 is 0 Å². The second-order valence-corrected chi connectivity index (χ2v) is 9.89. The zero-order chi connectivity index (χ0) is 31.5. The van der Waals surface area contributed by atoms with Gasteiger partial charge in [0, 0.05) is 19.2 Å². The van der Waals surface area contributed by atoms with Gasteiger partial charge in [-0.2, -0.15) is 8.78 Å². The summed E-state index contributed by atoms with van der Waals surface area (Å²) in [5.41, 5.74) is 6.08. The van der Waals surface area contributed by atoms with Crippen molar-refractivity contribution < 1.29 is 42.2 Å². The number of oxazole rings is 1. The lowest BCUT2D eigenvalue weighted by molar-refractivity contribution is -0.145. The number of aliphatic carboxylic acids is 1. The summed E-state index contributed by atoms with van der Waals surface area (Å²) in [4.78, 5) is 43.9. The number of likely N-dealkylation sites (tertiary alicyclic amines) is 1. The number of carboxylic acid groups (broad SMARTS) is 1. The van der Waals surface area contributed by atoms with Crippen LogP contribution in [0.1, 0.15) is 41.9 Å². The maximum atomic E-state index is 13.4. The Morgan fingerprint density at radius 2 is 1.91 bits per heavy atom. The maximum absolute atomic E-state index is 13.4. The zero-order valence-electron chi connectivity index (χ0n) is 23.9. The molecule has 0 radical (unpaired) electrons. The number of alkyl halides is 2. The number of allylic oxidation sites excluding steroid dienone is 4. The molecule has 11 nitrogen and oxygen atoms in total. The molecule has 1 saturated carbocycles. The van der Waals surface area contributed by atoms with E-state index in [1.54, 1.807) is 12.2 Å². The number of nitrogens with two attached hydrogens (primary N) is 1. The van der Waals surface area contributed by atoms with Crippen molar-refractivity contribution in [3.63, 3.8) is 0 Å². The van der Waals surface area contributed by atoms with E-state index in [-0.39, 0.29) is 41.9 Å². The molecule has 2 fully saturated rings. The Labute approximate surface area is 248 Å². The summed E-state index contributed by atoms with van der Waals surface area (Å²) in [7, 11) is 1.36. The van der Waals surface area contributed by atoms with Gasteiger partial charge in [0.1, 0.15) is 12.6 Å². The number of rotatable bonds is 13. The summed E-state index contributed by atoms with van der Waals surface area (Å²) in [6, 6.07) is 3.37. The summed E-state index contributed by atoms with van der Waals surface area (Å²) < 4.78 is 41.7. The van der Waals surface area contributed by atoms with Gasteiger partial charge in [0.2, 0.25) is 11.8 Å². The van der Waals surface area contributed by atoms with Crippen LogP contribution in [0.25, 0.3) is 11.5 Å². The normalized spacial score (nSPS) is 16.0. The number of hydrogen-bond donors (Lipinski definition) is 2. The Morgan fingerprint density at radius 1 is 1.21 bits per heavy atom. The number of ether oxygens (including phenoxy) is 2. The topological polar surface area (TPSA) is 148 Å². The number of aromatic nitrogens is 1. The first-order valence-electron chi connectivity index (χ1n) is 13.7. The lowest BCUT2D eigenvalue weighted by Crippen LogP contribution is -2.48. The number of halogens is 2. The standard InChI is InChI=1S/C24H28F2N4O7.C6H8/c1-29(11-19(31)32)22(33)15-3-2-8-30(15)23(34)20-18(10-27)36-21(28-20)14-6-7-16(37-24(25)26)17(9-14)35-12-13-4-5-13;1-3-5-6-4-2/h6-7,9,13,15,24H,2-5,8,10-12,27H2,1H3,(H,31,32);3-6H,1-2H2/b;6-5-. The highest BCUT2D eigenvalue weighted by atomic mass is 19.3. The van der Waals surface area contributed by atoms with Crippen LogP contribution in [-0.2, 0) is 16.1 Å². The smallest absolute Gasteiger partial charge is 0.387 e. The molecule has 1 atom stereocenters. The van der Waals surface area contributed by atoms with Gasteiger partial charge in [0.25, 0.3) is 5.91 Å². The summed E-state index contributed by atoms with van der Waals surface area (Å²) in [6.07, 6.45) is 10.0. The number of benzene rings is 1. The number of carboxylic acids is 1. The minimum absolute atomic E-state index is 0.0220. The Hall–Kier alpha value is -4.52. The fourth-order valence-corrected chi connectivity index (χ4v) is 4.31. The van der Waals surface area contributed by atoms with Crippen LogP contribution in [0.4, 0.5) is 8.78 Å². The Morgan fingerprint density at radius 3 is 2.49 bits per heavy atom. The predicted octanol–water partition coefficient (Wildman–Crippen LogP) is 4.25. The second kappa shape index (κ2) is 15.6. The Balaban J connectivity index is 0.000000765. The van der Waals surface area contributed by atoms with E-state index in [2.05, 4.69) is 22.9 Å². The first-order chi connectivity index (χ1) is 20.6. The fourth-order valence-electron chi connectivity index (χ4n) is 4.31. The molecular weight excluding hydrogens is 566 g/mol. The molecule has 1 aliphatic carbocycles. The minimum atomic E-state index is -3.03. The largest absolute Gasteiger partial charge is 0.489 e. The number of amides is 2. The molecule has 3 N–H and O–H groups in total. The van der Waals surface area contributed by atoms with Crippen molar-refractivity contribution in [1.29, 1.82) is 0 Å². The van der Waals surface area contributed by atoms with E-state index in [0.717, 1.165) is 17.7 Å². The average Bonchev–Trinajstić information content (AvgIpc) is 3.49. The molecule has 2 amide bonds. The molecule has 1 unspecified atom stereocenters. The van der Waals surface area contributed by atoms with Crippen molar-refractivity contribution in [3.8, 4) is 23.0 Å². The average molecular weight is 603 g/mol. The van der Waals surface area contributed by atoms with Crippen molar-refractivity contribution >= 4 is 17.8 Å². The molecule has 232 valence electrons. The van der Waals surface area contributed by atoms with Gasteiger partial charge in [0.05, 0.1) is 13.2 Å². The lowest BCUT2D eigenvalue weighted by Gasteiger charge is -2.26. The first kappa shape index (κ1) is 33.0. The molecule has 1 aromatic heterocycles. The maximum Gasteiger partial charge on any atom is 0.387 e. The van der Waals surface area contributed by atoms with E-state index in [1.165, 1.54) is 30.1 Å². The van der Waals surface area contributed by atoms with Crippen molar-refractivity contribution in [2.45, 2.75) is 44.9 Å². The number of nitrogens with zero attached hydrogens (tertiary/aromatic N) is 3. The van der Waals surface area contributed by atoms with E-state index >= 15 is 0 Å². The van der Waals surface area contributed by atoms with Gasteiger partial charge < -0.3 is 34.5 Å². The van der Waals surface area contributed by atoms with Gasteiger partial charge >= 0.3 is 12.6 Å². The molecule has 1 aliphatic heterocycles. The molecule has 2 aliphatic rings. The number of carbonyl (C=O) groups is 3. The molecule has 4 rings (SSSR count). The lowest BCUT2D eigenvalue weighted by atomic mass is 10.2. The van der Waals surface area contributed by atoms with Crippen LogP contribution in [0, 0.1) is 5.92 Å². The summed E-state index contributed by atoms with van der Waals surface area (Å²) in [5.74, 6) is -1.79. The van der Waals surface area contributed by atoms with Crippen molar-refractivity contribution in [2.24, 2.45) is 11.7 Å². The highest BCUT2D eigenvalue weighted by Gasteiger charge is 2.38. The molecule has 1 saturated heterocycles. The van der Waals surface area contributed by atoms with Gasteiger partial charge in [0.15, 0.2) is 23.0 Å². The molecule has 2 aromatic rings. The van der Waals surface area contributed by atoms with Gasteiger partial charge in [-0.15, -0.1) is 0 Å². The Bertz CT molecular complexity index is 1330. The third-order valence-corrected chi connectivity index (χ3v) is 6.59. The van der Waals surface area contributed by atoms with E-state index in [0.29, 0.717) is 30.9 Å². The van der Waals surface area contributed by atoms with Crippen LogP contribution in [0.5, 0.6) is 11.5 Å². The predicted molar refractivity (Wildman–Crippen MR) is 154 cm³/mol. The van der Waals surface area contributed by atoms with Crippen LogP contribution in [0.2, 0.25) is 0 Å². The van der Waals surface area contributed by atoms with Crippen LogP contribution < -0.4 is 15.2 Å². The molecule has 0 bridgehead atoms. The van der Waals surface area contributed by atoms with Crippen LogP contribution in [-0.4, -0.2) is 77.1 Å². The highest BCUT2D eigenvalue weighted by Crippen LogP contribution is 2.37. The Kier molecular flexibility index (Phi) is 12.0. The van der Waals surface area contributed by atoms with Gasteiger partial charge in [-0.1, -0.05) is 37.5 Å². The summed E-state index contributed by atoms with van der Waals surface area (Å²) >= 11 is 0. The molecular formula is C30H36F2N4O7. The zero-order valence-corrected chi connectivity index (χ0v) is 23.9. The number of carbonyl (C=O) groups excluding carboxylic acids is 2. The van der Waals surface area contributed by atoms with E-state index in [9.17, 15) is 23.2 Å². The third kappa shape index (κ3) is 9.23. The van der Waals surface area contributed by atoms with Crippen LogP contribution in [0.15, 0.2) is 60.1 Å². The van der Waals surface area contributed by atoms with Gasteiger partial charge in [-0.3, -0.25) is 14.4 Å². The van der Waals surface area contributed by atoms with Gasteiger partial charge in [-0.25, -0.2) is 4.98 Å². The van der Waals surface area contributed by atoms with E-state index in [4.69, 9.17) is 20.0 Å². The molecule has 2 heterocycles. The number of likely N-dealkylation sites (N-methyl/N-ethyl adjacent to an activating group) is 1. The number of hydrogen-bond acceptors (Lipinski definition) is 8. The minimum Gasteiger partial charge on any atom is -0.489 e. The third-order valence-electron chi connectivity index (χ3n) is 6.59. The molecule has 43 heavy (non-hydrogen) atoms. The van der Waals surface area contributed by atoms with E-state index in [1.807, 2.05) is 12.2 Å². The molecule has 1 aromatic carbocycles. The molecule has 13 heteroatoms. The van der Waals surface area contributed by atoms with Gasteiger partial charge in [-0.05, 0) is 49.8 Å². The fraction of sp³-hybridized carbons (Fsp3) is 0.400. The van der Waals surface area contributed by atoms with Crippen molar-refractivity contribution in [2.75, 3.05) is 26.7 Å². The van der Waals surface area contributed by atoms with Crippen molar-refractivity contribution in [3.05, 3.63) is 67.1 Å². The van der Waals surface area contributed by atoms with Crippen molar-refractivity contribution in [1.82, 2.24) is 14.8 Å². The first-order valence-corrected chi connectivity index (χ1v) is 13.7. The second-order valence-electron chi connectivity index (χ2n) is 9.89. The molecule has 0 spiro atoms. The summed E-state index contributed by atoms with van der Waals surface area (Å²) in [5, 5.41) is 8.99.